The minimum Gasteiger partial charge on any atom is -0.380 e. The van der Waals surface area contributed by atoms with Crippen LogP contribution >= 0.6 is 11.3 Å². The summed E-state index contributed by atoms with van der Waals surface area (Å²) < 4.78 is 5.61. The molecule has 0 bridgehead atoms. The molecule has 5 nitrogen and oxygen atoms in total. The molecule has 1 N–H and O–H groups in total. The Balaban J connectivity index is 2.01. The minimum atomic E-state index is -0.381. The third-order valence-corrected chi connectivity index (χ3v) is 3.57. The highest BCUT2D eigenvalue weighted by molar-refractivity contribution is 7.09. The zero-order chi connectivity index (χ0) is 14.4. The van der Waals surface area contributed by atoms with Crippen LogP contribution in [0.5, 0.6) is 0 Å². The van der Waals surface area contributed by atoms with Crippen molar-refractivity contribution < 1.29 is 9.66 Å². The summed E-state index contributed by atoms with van der Waals surface area (Å²) in [7, 11) is 0. The van der Waals surface area contributed by atoms with Crippen LogP contribution in [0.25, 0.3) is 0 Å². The van der Waals surface area contributed by atoms with Crippen LogP contribution in [0.3, 0.4) is 0 Å². The molecule has 0 amide bonds. The normalized spacial score (nSPS) is 10.4. The molecule has 0 atom stereocenters. The van der Waals surface area contributed by atoms with Crippen molar-refractivity contribution in [2.75, 3.05) is 11.9 Å². The van der Waals surface area contributed by atoms with Crippen molar-refractivity contribution in [3.8, 4) is 0 Å². The van der Waals surface area contributed by atoms with Crippen molar-refractivity contribution in [1.29, 1.82) is 0 Å². The van der Waals surface area contributed by atoms with Gasteiger partial charge in [0.1, 0.15) is 5.69 Å². The van der Waals surface area contributed by atoms with E-state index < -0.39 is 0 Å². The van der Waals surface area contributed by atoms with Gasteiger partial charge in [-0.2, -0.15) is 0 Å². The van der Waals surface area contributed by atoms with E-state index in [1.165, 1.54) is 10.9 Å². The summed E-state index contributed by atoms with van der Waals surface area (Å²) >= 11 is 1.65. The van der Waals surface area contributed by atoms with Gasteiger partial charge in [-0.05, 0) is 36.1 Å². The molecule has 20 heavy (non-hydrogen) atoms. The highest BCUT2D eigenvalue weighted by atomic mass is 32.1. The van der Waals surface area contributed by atoms with Gasteiger partial charge >= 0.3 is 0 Å². The van der Waals surface area contributed by atoms with E-state index in [-0.39, 0.29) is 10.6 Å². The maximum absolute atomic E-state index is 10.9. The first-order valence-corrected chi connectivity index (χ1v) is 7.20. The van der Waals surface area contributed by atoms with E-state index in [0.717, 1.165) is 5.56 Å². The Morgan fingerprint density at radius 1 is 1.35 bits per heavy atom. The summed E-state index contributed by atoms with van der Waals surface area (Å²) in [5, 5.41) is 15.9. The van der Waals surface area contributed by atoms with Gasteiger partial charge in [0.25, 0.3) is 5.69 Å². The third-order valence-electron chi connectivity index (χ3n) is 2.72. The number of nitro benzene ring substituents is 1. The number of nitrogens with zero attached hydrogens (tertiary/aromatic N) is 1. The van der Waals surface area contributed by atoms with Crippen LogP contribution < -0.4 is 5.32 Å². The topological polar surface area (TPSA) is 64.4 Å². The molecule has 0 radical (unpaired) electrons. The van der Waals surface area contributed by atoms with E-state index in [9.17, 15) is 10.1 Å². The highest BCUT2D eigenvalue weighted by Gasteiger charge is 2.13. The number of nitrogens with one attached hydrogen (secondary N) is 1. The van der Waals surface area contributed by atoms with Crippen LogP contribution in [-0.2, 0) is 18.0 Å². The molecule has 106 valence electrons. The molecule has 0 aliphatic carbocycles. The number of rotatable bonds is 7. The molecule has 0 unspecified atom stereocenters. The maximum atomic E-state index is 10.9. The van der Waals surface area contributed by atoms with Crippen molar-refractivity contribution in [1.82, 2.24) is 0 Å². The first kappa shape index (κ1) is 14.5. The number of anilines is 1. The van der Waals surface area contributed by atoms with E-state index in [4.69, 9.17) is 4.74 Å². The molecule has 0 fully saturated rings. The summed E-state index contributed by atoms with van der Waals surface area (Å²) in [6.45, 7) is 3.55. The van der Waals surface area contributed by atoms with Crippen molar-refractivity contribution in [2.24, 2.45) is 0 Å². The smallest absolute Gasteiger partial charge is 0.292 e. The fourth-order valence-electron chi connectivity index (χ4n) is 1.83. The lowest BCUT2D eigenvalue weighted by atomic mass is 10.2. The molecule has 1 aromatic carbocycles. The van der Waals surface area contributed by atoms with Gasteiger partial charge in [0.15, 0.2) is 0 Å². The van der Waals surface area contributed by atoms with Gasteiger partial charge in [-0.15, -0.1) is 11.3 Å². The molecule has 2 aromatic rings. The van der Waals surface area contributed by atoms with E-state index in [0.29, 0.717) is 25.4 Å². The summed E-state index contributed by atoms with van der Waals surface area (Å²) in [5.74, 6) is 0. The Kier molecular flexibility index (Phi) is 5.09. The van der Waals surface area contributed by atoms with Gasteiger partial charge < -0.3 is 10.1 Å². The molecular weight excluding hydrogens is 276 g/mol. The largest absolute Gasteiger partial charge is 0.380 e. The molecule has 0 spiro atoms. The van der Waals surface area contributed by atoms with E-state index in [1.807, 2.05) is 24.4 Å². The predicted octanol–water partition coefficient (Wildman–Crippen LogP) is 3.80. The lowest BCUT2D eigenvalue weighted by Gasteiger charge is -2.08. The van der Waals surface area contributed by atoms with E-state index in [1.54, 1.807) is 23.5 Å². The van der Waals surface area contributed by atoms with E-state index >= 15 is 0 Å². The van der Waals surface area contributed by atoms with Gasteiger partial charge in [-0.1, -0.05) is 6.07 Å². The Morgan fingerprint density at radius 3 is 2.85 bits per heavy atom. The monoisotopic (exact) mass is 292 g/mol. The molecular formula is C14H16N2O3S. The van der Waals surface area contributed by atoms with Gasteiger partial charge in [-0.3, -0.25) is 10.1 Å². The summed E-state index contributed by atoms with van der Waals surface area (Å²) in [6, 6.07) is 9.02. The lowest BCUT2D eigenvalue weighted by molar-refractivity contribution is -0.384. The summed E-state index contributed by atoms with van der Waals surface area (Å²) in [4.78, 5) is 11.7. The fourth-order valence-corrected chi connectivity index (χ4v) is 2.47. The van der Waals surface area contributed by atoms with Crippen LogP contribution in [0.4, 0.5) is 11.4 Å². The zero-order valence-corrected chi connectivity index (χ0v) is 12.0. The number of benzene rings is 1. The number of thiophene rings is 1. The molecule has 1 heterocycles. The van der Waals surface area contributed by atoms with Crippen LogP contribution in [0.15, 0.2) is 35.7 Å². The quantitative estimate of drug-likeness (QED) is 0.622. The second-order valence-electron chi connectivity index (χ2n) is 4.21. The SMILES string of the molecule is CCNc1cc(COCc2cccs2)ccc1[N+](=O)[O-]. The molecule has 0 aliphatic rings. The van der Waals surface area contributed by atoms with Crippen molar-refractivity contribution >= 4 is 22.7 Å². The van der Waals surface area contributed by atoms with Gasteiger partial charge in [-0.25, -0.2) is 0 Å². The van der Waals surface area contributed by atoms with Gasteiger partial charge in [0.05, 0.1) is 18.1 Å². The molecule has 2 rings (SSSR count). The fraction of sp³-hybridized carbons (Fsp3) is 0.286. The minimum absolute atomic E-state index is 0.0915. The highest BCUT2D eigenvalue weighted by Crippen LogP contribution is 2.25. The van der Waals surface area contributed by atoms with Gasteiger partial charge in [0, 0.05) is 17.5 Å². The van der Waals surface area contributed by atoms with Crippen LogP contribution in [0.2, 0.25) is 0 Å². The second-order valence-corrected chi connectivity index (χ2v) is 5.24. The molecule has 6 heteroatoms. The Labute approximate surface area is 121 Å². The Bertz CT molecular complexity index is 570. The summed E-state index contributed by atoms with van der Waals surface area (Å²) in [6.07, 6.45) is 0. The Morgan fingerprint density at radius 2 is 2.20 bits per heavy atom. The molecule has 0 saturated carbocycles. The average molecular weight is 292 g/mol. The standard InChI is InChI=1S/C14H16N2O3S/c1-2-15-13-8-11(5-6-14(13)16(17)18)9-19-10-12-4-3-7-20-12/h3-8,15H,2,9-10H2,1H3. The molecule has 0 saturated heterocycles. The first-order chi connectivity index (χ1) is 9.70. The lowest BCUT2D eigenvalue weighted by Crippen LogP contribution is -2.02. The number of ether oxygens (including phenoxy) is 1. The number of nitro groups is 1. The first-order valence-electron chi connectivity index (χ1n) is 6.32. The maximum Gasteiger partial charge on any atom is 0.292 e. The molecule has 1 aromatic heterocycles. The van der Waals surface area contributed by atoms with Crippen molar-refractivity contribution in [3.63, 3.8) is 0 Å². The van der Waals surface area contributed by atoms with Crippen LogP contribution in [0.1, 0.15) is 17.4 Å². The second kappa shape index (κ2) is 7.02. The van der Waals surface area contributed by atoms with E-state index in [2.05, 4.69) is 5.32 Å². The van der Waals surface area contributed by atoms with Crippen LogP contribution in [-0.4, -0.2) is 11.5 Å². The Hall–Kier alpha value is -1.92. The zero-order valence-electron chi connectivity index (χ0n) is 11.2. The third kappa shape index (κ3) is 3.79. The number of hydrogen-bond acceptors (Lipinski definition) is 5. The van der Waals surface area contributed by atoms with Crippen molar-refractivity contribution in [2.45, 2.75) is 20.1 Å². The predicted molar refractivity (Wildman–Crippen MR) is 80.1 cm³/mol. The summed E-state index contributed by atoms with van der Waals surface area (Å²) in [5.41, 5.74) is 1.55. The van der Waals surface area contributed by atoms with Crippen molar-refractivity contribution in [3.05, 3.63) is 56.3 Å². The van der Waals surface area contributed by atoms with Gasteiger partial charge in [0.2, 0.25) is 0 Å². The van der Waals surface area contributed by atoms with Crippen LogP contribution in [0, 0.1) is 10.1 Å². The molecule has 0 aliphatic heterocycles. The number of hydrogen-bond donors (Lipinski definition) is 1. The average Bonchev–Trinajstić information content (AvgIpc) is 2.92.